The van der Waals surface area contributed by atoms with Crippen LogP contribution in [0.1, 0.15) is 12.0 Å². The van der Waals surface area contributed by atoms with E-state index >= 15 is 0 Å². The van der Waals surface area contributed by atoms with Gasteiger partial charge in [-0.3, -0.25) is 9.69 Å². The number of aryl methyl sites for hydroxylation is 1. The summed E-state index contributed by atoms with van der Waals surface area (Å²) in [6.45, 7) is 6.77. The van der Waals surface area contributed by atoms with Crippen LogP contribution in [0, 0.1) is 0 Å². The Hall–Kier alpha value is -1.56. The minimum Gasteiger partial charge on any atom is -0.468 e. The maximum absolute atomic E-state index is 13.1. The molecule has 2 aromatic carbocycles. The Morgan fingerprint density at radius 1 is 1.03 bits per heavy atom. The summed E-state index contributed by atoms with van der Waals surface area (Å²) in [7, 11) is -0.397. The molecule has 1 saturated heterocycles. The summed E-state index contributed by atoms with van der Waals surface area (Å²) >= 11 is 1.98. The van der Waals surface area contributed by atoms with E-state index < -0.39 is 8.07 Å². The fourth-order valence-electron chi connectivity index (χ4n) is 4.51. The van der Waals surface area contributed by atoms with Gasteiger partial charge in [0.15, 0.2) is 0 Å². The maximum atomic E-state index is 13.1. The molecule has 3 rings (SSSR count). The molecule has 0 radical (unpaired) electrons. The Labute approximate surface area is 180 Å². The number of carbonyl (C=O) groups excluding carboxylic acids is 1. The standard InChI is InChI=1S/C24H33NO2SSi/c1-27-24(26)23(25-16-18-28-19-17-25)22(15-14-20-10-6-4-7-11-20)29(2,3)21-12-8-5-9-13-21/h4-13,22-23H,14-19H2,1-3H3/t22-,23-/m0/s1. The summed E-state index contributed by atoms with van der Waals surface area (Å²) in [5.74, 6) is 2.12. The second-order valence-electron chi connectivity index (χ2n) is 8.33. The van der Waals surface area contributed by atoms with Crippen LogP contribution in [0.4, 0.5) is 0 Å². The number of methoxy groups -OCH3 is 1. The number of esters is 1. The third-order valence-electron chi connectivity index (χ3n) is 6.29. The zero-order valence-corrected chi connectivity index (χ0v) is 19.7. The van der Waals surface area contributed by atoms with E-state index in [0.29, 0.717) is 5.54 Å². The molecular weight excluding hydrogens is 394 g/mol. The van der Waals surface area contributed by atoms with Crippen LogP contribution in [0.3, 0.4) is 0 Å². The number of ether oxygens (including phenoxy) is 1. The van der Waals surface area contributed by atoms with E-state index in [1.807, 2.05) is 11.8 Å². The van der Waals surface area contributed by atoms with E-state index in [1.165, 1.54) is 10.8 Å². The number of nitrogens with zero attached hydrogens (tertiary/aromatic N) is 1. The molecule has 1 heterocycles. The fourth-order valence-corrected chi connectivity index (χ4v) is 8.92. The van der Waals surface area contributed by atoms with Crippen LogP contribution in [0.15, 0.2) is 60.7 Å². The molecule has 1 fully saturated rings. The first-order chi connectivity index (χ1) is 14.0. The first kappa shape index (κ1) is 22.1. The highest BCUT2D eigenvalue weighted by molar-refractivity contribution is 7.99. The third kappa shape index (κ3) is 5.53. The van der Waals surface area contributed by atoms with Crippen molar-refractivity contribution < 1.29 is 9.53 Å². The summed E-state index contributed by atoms with van der Waals surface area (Å²) in [6, 6.07) is 21.3. The van der Waals surface area contributed by atoms with Gasteiger partial charge in [0.1, 0.15) is 6.04 Å². The molecule has 0 aliphatic carbocycles. The molecule has 1 aliphatic heterocycles. The molecule has 0 N–H and O–H groups in total. The molecule has 1 aliphatic rings. The van der Waals surface area contributed by atoms with E-state index in [9.17, 15) is 4.79 Å². The molecule has 3 nitrogen and oxygen atoms in total. The predicted octanol–water partition coefficient (Wildman–Crippen LogP) is 4.20. The zero-order valence-electron chi connectivity index (χ0n) is 17.8. The van der Waals surface area contributed by atoms with Gasteiger partial charge in [-0.1, -0.05) is 78.9 Å². The van der Waals surface area contributed by atoms with Crippen molar-refractivity contribution in [1.29, 1.82) is 0 Å². The van der Waals surface area contributed by atoms with Crippen LogP contribution in [0.5, 0.6) is 0 Å². The lowest BCUT2D eigenvalue weighted by Crippen LogP contribution is -2.58. The van der Waals surface area contributed by atoms with Crippen molar-refractivity contribution in [3.8, 4) is 0 Å². The van der Waals surface area contributed by atoms with Gasteiger partial charge in [-0.2, -0.15) is 11.8 Å². The molecule has 5 heteroatoms. The Kier molecular flexibility index (Phi) is 7.98. The van der Waals surface area contributed by atoms with Gasteiger partial charge in [-0.25, -0.2) is 0 Å². The molecule has 0 spiro atoms. The molecule has 29 heavy (non-hydrogen) atoms. The molecule has 0 saturated carbocycles. The van der Waals surface area contributed by atoms with Crippen molar-refractivity contribution in [2.24, 2.45) is 0 Å². The highest BCUT2D eigenvalue weighted by atomic mass is 32.2. The van der Waals surface area contributed by atoms with Gasteiger partial charge in [0.25, 0.3) is 0 Å². The Bertz CT molecular complexity index is 763. The Balaban J connectivity index is 1.95. The van der Waals surface area contributed by atoms with E-state index in [4.69, 9.17) is 4.74 Å². The maximum Gasteiger partial charge on any atom is 0.323 e. The van der Waals surface area contributed by atoms with Gasteiger partial charge in [-0.15, -0.1) is 0 Å². The highest BCUT2D eigenvalue weighted by Crippen LogP contribution is 2.35. The molecule has 2 atom stereocenters. The average molecular weight is 428 g/mol. The third-order valence-corrected chi connectivity index (χ3v) is 11.5. The normalized spacial score (nSPS) is 17.5. The lowest BCUT2D eigenvalue weighted by molar-refractivity contribution is -0.147. The second kappa shape index (κ2) is 10.5. The van der Waals surface area contributed by atoms with Crippen molar-refractivity contribution in [2.75, 3.05) is 31.7 Å². The number of rotatable bonds is 8. The first-order valence-corrected chi connectivity index (χ1v) is 14.8. The number of carbonyl (C=O) groups is 1. The number of hydrogen-bond acceptors (Lipinski definition) is 4. The molecular formula is C24H33NO2SSi. The summed E-state index contributed by atoms with van der Waals surface area (Å²) < 4.78 is 5.36. The van der Waals surface area contributed by atoms with E-state index in [2.05, 4.69) is 78.7 Å². The lowest BCUT2D eigenvalue weighted by atomic mass is 10.0. The highest BCUT2D eigenvalue weighted by Gasteiger charge is 2.45. The van der Waals surface area contributed by atoms with Crippen molar-refractivity contribution in [3.05, 3.63) is 66.2 Å². The van der Waals surface area contributed by atoms with E-state index in [-0.39, 0.29) is 12.0 Å². The van der Waals surface area contributed by atoms with Gasteiger partial charge in [0, 0.05) is 24.6 Å². The van der Waals surface area contributed by atoms with Gasteiger partial charge in [-0.05, 0) is 23.9 Å². The van der Waals surface area contributed by atoms with Crippen LogP contribution in [0.25, 0.3) is 0 Å². The van der Waals surface area contributed by atoms with Crippen LogP contribution in [0.2, 0.25) is 18.6 Å². The molecule has 2 aromatic rings. The molecule has 156 valence electrons. The van der Waals surface area contributed by atoms with Gasteiger partial charge in [0.2, 0.25) is 0 Å². The molecule has 0 unspecified atom stereocenters. The summed E-state index contributed by atoms with van der Waals surface area (Å²) in [5, 5.41) is 1.42. The quantitative estimate of drug-likeness (QED) is 0.467. The molecule has 0 amide bonds. The monoisotopic (exact) mass is 427 g/mol. The summed E-state index contributed by atoms with van der Waals surface area (Å²) in [5.41, 5.74) is 1.63. The fraction of sp³-hybridized carbons (Fsp3) is 0.458. The van der Waals surface area contributed by atoms with Gasteiger partial charge in [0.05, 0.1) is 15.2 Å². The molecule has 0 bridgehead atoms. The number of hydrogen-bond donors (Lipinski definition) is 0. The SMILES string of the molecule is COC(=O)[C@H]([C@H](CCc1ccccc1)[Si](C)(C)c1ccccc1)N1CCSCC1. The Morgan fingerprint density at radius 3 is 2.21 bits per heavy atom. The van der Waals surface area contributed by atoms with Gasteiger partial charge < -0.3 is 4.74 Å². The first-order valence-electron chi connectivity index (χ1n) is 10.5. The smallest absolute Gasteiger partial charge is 0.323 e. The summed E-state index contributed by atoms with van der Waals surface area (Å²) in [6.07, 6.45) is 1.99. The van der Waals surface area contributed by atoms with Gasteiger partial charge >= 0.3 is 5.97 Å². The minimum absolute atomic E-state index is 0.0635. The van der Waals surface area contributed by atoms with Crippen LogP contribution in [-0.4, -0.2) is 56.7 Å². The average Bonchev–Trinajstić information content (AvgIpc) is 2.78. The van der Waals surface area contributed by atoms with E-state index in [0.717, 1.165) is 37.4 Å². The van der Waals surface area contributed by atoms with Crippen molar-refractivity contribution >= 4 is 31.0 Å². The minimum atomic E-state index is -1.94. The zero-order chi connectivity index (χ0) is 20.7. The topological polar surface area (TPSA) is 29.5 Å². The summed E-state index contributed by atoms with van der Waals surface area (Å²) in [4.78, 5) is 15.5. The molecule has 0 aromatic heterocycles. The number of benzene rings is 2. The lowest BCUT2D eigenvalue weighted by Gasteiger charge is -2.43. The van der Waals surface area contributed by atoms with E-state index in [1.54, 1.807) is 7.11 Å². The van der Waals surface area contributed by atoms with Crippen LogP contribution in [-0.2, 0) is 16.0 Å². The Morgan fingerprint density at radius 2 is 1.62 bits per heavy atom. The van der Waals surface area contributed by atoms with Crippen molar-refractivity contribution in [3.63, 3.8) is 0 Å². The largest absolute Gasteiger partial charge is 0.468 e. The predicted molar refractivity (Wildman–Crippen MR) is 127 cm³/mol. The van der Waals surface area contributed by atoms with Crippen molar-refractivity contribution in [1.82, 2.24) is 4.90 Å². The van der Waals surface area contributed by atoms with Crippen molar-refractivity contribution in [2.45, 2.75) is 37.5 Å². The number of thioether (sulfide) groups is 1. The second-order valence-corrected chi connectivity index (χ2v) is 14.3. The van der Waals surface area contributed by atoms with Crippen LogP contribution < -0.4 is 5.19 Å². The van der Waals surface area contributed by atoms with Crippen LogP contribution >= 0.6 is 11.8 Å².